The molecule has 2 amide bonds. The van der Waals surface area contributed by atoms with Crippen molar-refractivity contribution in [1.82, 2.24) is 10.2 Å². The molecule has 1 fully saturated rings. The van der Waals surface area contributed by atoms with Gasteiger partial charge in [-0.15, -0.1) is 0 Å². The zero-order valence-corrected chi connectivity index (χ0v) is 11.3. The second kappa shape index (κ2) is 6.01. The van der Waals surface area contributed by atoms with Gasteiger partial charge in [0.15, 0.2) is 0 Å². The molecule has 108 valence electrons. The third-order valence-corrected chi connectivity index (χ3v) is 3.39. The van der Waals surface area contributed by atoms with Crippen LogP contribution >= 0.6 is 0 Å². The molecular weight excluding hydrogens is 250 g/mol. The predicted octanol–water partition coefficient (Wildman–Crippen LogP) is -0.837. The molecule has 1 saturated heterocycles. The van der Waals surface area contributed by atoms with Crippen molar-refractivity contribution in [2.75, 3.05) is 19.6 Å². The van der Waals surface area contributed by atoms with Crippen LogP contribution in [0.1, 0.15) is 26.7 Å². The van der Waals surface area contributed by atoms with Crippen LogP contribution in [-0.4, -0.2) is 53.0 Å². The smallest absolute Gasteiger partial charge is 0.323 e. The van der Waals surface area contributed by atoms with Crippen molar-refractivity contribution in [3.05, 3.63) is 0 Å². The van der Waals surface area contributed by atoms with Crippen LogP contribution < -0.4 is 11.1 Å². The molecule has 0 aromatic heterocycles. The Balaban J connectivity index is 2.50. The molecule has 0 aliphatic carbocycles. The van der Waals surface area contributed by atoms with Crippen LogP contribution in [0.5, 0.6) is 0 Å². The maximum absolute atomic E-state index is 12.0. The highest BCUT2D eigenvalue weighted by atomic mass is 16.4. The van der Waals surface area contributed by atoms with E-state index in [4.69, 9.17) is 10.8 Å². The van der Waals surface area contributed by atoms with Crippen LogP contribution in [0.25, 0.3) is 0 Å². The second-order valence-electron chi connectivity index (χ2n) is 5.36. The van der Waals surface area contributed by atoms with Crippen LogP contribution in [0.15, 0.2) is 0 Å². The van der Waals surface area contributed by atoms with E-state index in [0.717, 1.165) is 6.42 Å². The van der Waals surface area contributed by atoms with Gasteiger partial charge in [0.05, 0.1) is 12.5 Å². The number of likely N-dealkylation sites (tertiary alicyclic amines) is 1. The van der Waals surface area contributed by atoms with Gasteiger partial charge in [-0.1, -0.05) is 0 Å². The van der Waals surface area contributed by atoms with E-state index in [1.165, 1.54) is 13.8 Å². The summed E-state index contributed by atoms with van der Waals surface area (Å²) in [5.74, 6) is -1.92. The topological polar surface area (TPSA) is 113 Å². The maximum Gasteiger partial charge on any atom is 0.323 e. The van der Waals surface area contributed by atoms with Crippen LogP contribution in [0.3, 0.4) is 0 Å². The highest BCUT2D eigenvalue weighted by molar-refractivity contribution is 5.83. The van der Waals surface area contributed by atoms with Gasteiger partial charge in [0.25, 0.3) is 0 Å². The Labute approximate surface area is 112 Å². The third kappa shape index (κ3) is 4.20. The van der Waals surface area contributed by atoms with E-state index in [-0.39, 0.29) is 18.4 Å². The Morgan fingerprint density at radius 3 is 2.58 bits per heavy atom. The summed E-state index contributed by atoms with van der Waals surface area (Å²) in [4.78, 5) is 35.5. The summed E-state index contributed by atoms with van der Waals surface area (Å²) >= 11 is 0. The molecule has 19 heavy (non-hydrogen) atoms. The average molecular weight is 271 g/mol. The van der Waals surface area contributed by atoms with E-state index in [9.17, 15) is 14.4 Å². The molecule has 7 heteroatoms. The molecule has 0 spiro atoms. The number of carbonyl (C=O) groups excluding carboxylic acids is 2. The van der Waals surface area contributed by atoms with Crippen LogP contribution in [0.2, 0.25) is 0 Å². The summed E-state index contributed by atoms with van der Waals surface area (Å²) in [5.41, 5.74) is 4.08. The average Bonchev–Trinajstić information content (AvgIpc) is 2.36. The van der Waals surface area contributed by atoms with Crippen LogP contribution in [0, 0.1) is 5.92 Å². The van der Waals surface area contributed by atoms with Gasteiger partial charge in [0, 0.05) is 13.1 Å². The number of carboxylic acids is 1. The Bertz CT molecular complexity index is 381. The molecule has 1 unspecified atom stereocenters. The zero-order valence-electron chi connectivity index (χ0n) is 11.3. The van der Waals surface area contributed by atoms with Crippen molar-refractivity contribution < 1.29 is 19.5 Å². The van der Waals surface area contributed by atoms with Gasteiger partial charge in [0.2, 0.25) is 11.8 Å². The number of piperidine rings is 1. The monoisotopic (exact) mass is 271 g/mol. The maximum atomic E-state index is 12.0. The molecule has 0 radical (unpaired) electrons. The standard InChI is InChI=1S/C12H21N3O4/c1-12(2,11(18)19)14-6-9(16)15-5-3-4-8(7-15)10(13)17/h8,14H,3-7H2,1-2H3,(H2,13,17)(H,18,19). The SMILES string of the molecule is CC(C)(NCC(=O)N1CCCC(C(N)=O)C1)C(=O)O. The number of hydrogen-bond acceptors (Lipinski definition) is 4. The minimum atomic E-state index is -1.16. The Morgan fingerprint density at radius 2 is 2.05 bits per heavy atom. The summed E-state index contributed by atoms with van der Waals surface area (Å²) in [5, 5.41) is 11.6. The first-order valence-electron chi connectivity index (χ1n) is 6.29. The van der Waals surface area contributed by atoms with E-state index < -0.39 is 17.4 Å². The lowest BCUT2D eigenvalue weighted by atomic mass is 9.97. The number of rotatable bonds is 5. The third-order valence-electron chi connectivity index (χ3n) is 3.39. The molecule has 1 atom stereocenters. The Hall–Kier alpha value is -1.63. The highest BCUT2D eigenvalue weighted by Gasteiger charge is 2.30. The number of aliphatic carboxylic acids is 1. The first-order chi connectivity index (χ1) is 8.74. The molecule has 7 nitrogen and oxygen atoms in total. The van der Waals surface area contributed by atoms with Crippen molar-refractivity contribution >= 4 is 17.8 Å². The van der Waals surface area contributed by atoms with Gasteiger partial charge in [0.1, 0.15) is 5.54 Å². The number of amides is 2. The second-order valence-corrected chi connectivity index (χ2v) is 5.36. The number of nitrogens with zero attached hydrogens (tertiary/aromatic N) is 1. The van der Waals surface area contributed by atoms with Gasteiger partial charge in [-0.3, -0.25) is 19.7 Å². The van der Waals surface area contributed by atoms with Gasteiger partial charge >= 0.3 is 5.97 Å². The largest absolute Gasteiger partial charge is 0.480 e. The predicted molar refractivity (Wildman–Crippen MR) is 68.2 cm³/mol. The molecule has 0 aromatic carbocycles. The van der Waals surface area contributed by atoms with Gasteiger partial charge < -0.3 is 15.7 Å². The number of carboxylic acid groups (broad SMARTS) is 1. The van der Waals surface area contributed by atoms with Crippen LogP contribution in [-0.2, 0) is 14.4 Å². The lowest BCUT2D eigenvalue weighted by molar-refractivity contribution is -0.143. The van der Waals surface area contributed by atoms with Crippen molar-refractivity contribution in [2.24, 2.45) is 11.7 Å². The van der Waals surface area contributed by atoms with Crippen molar-refractivity contribution in [3.63, 3.8) is 0 Å². The summed E-state index contributed by atoms with van der Waals surface area (Å²) in [7, 11) is 0. The van der Waals surface area contributed by atoms with E-state index in [1.54, 1.807) is 4.90 Å². The number of nitrogens with two attached hydrogens (primary N) is 1. The Morgan fingerprint density at radius 1 is 1.42 bits per heavy atom. The number of hydrogen-bond donors (Lipinski definition) is 3. The molecule has 0 aromatic rings. The quantitative estimate of drug-likeness (QED) is 0.603. The normalized spacial score (nSPS) is 20.1. The fourth-order valence-electron chi connectivity index (χ4n) is 1.92. The molecule has 0 bridgehead atoms. The van der Waals surface area contributed by atoms with Gasteiger partial charge in [-0.25, -0.2) is 0 Å². The fraction of sp³-hybridized carbons (Fsp3) is 0.750. The molecule has 1 aliphatic rings. The molecule has 0 saturated carbocycles. The van der Waals surface area contributed by atoms with Crippen molar-refractivity contribution in [2.45, 2.75) is 32.2 Å². The first-order valence-corrected chi connectivity index (χ1v) is 6.29. The van der Waals surface area contributed by atoms with Crippen molar-refractivity contribution in [3.8, 4) is 0 Å². The van der Waals surface area contributed by atoms with E-state index in [2.05, 4.69) is 5.32 Å². The number of carbonyl (C=O) groups is 3. The zero-order chi connectivity index (χ0) is 14.6. The highest BCUT2D eigenvalue weighted by Crippen LogP contribution is 2.16. The van der Waals surface area contributed by atoms with E-state index in [0.29, 0.717) is 19.5 Å². The fourth-order valence-corrected chi connectivity index (χ4v) is 1.92. The van der Waals surface area contributed by atoms with Gasteiger partial charge in [-0.2, -0.15) is 0 Å². The first kappa shape index (κ1) is 15.4. The summed E-state index contributed by atoms with van der Waals surface area (Å²) in [6, 6.07) is 0. The molecule has 4 N–H and O–H groups in total. The van der Waals surface area contributed by atoms with Gasteiger partial charge in [-0.05, 0) is 26.7 Å². The molecule has 1 rings (SSSR count). The minimum absolute atomic E-state index is 0.0647. The lowest BCUT2D eigenvalue weighted by Crippen LogP contribution is -2.53. The molecule has 1 heterocycles. The summed E-state index contributed by atoms with van der Waals surface area (Å²) in [6.45, 7) is 3.82. The van der Waals surface area contributed by atoms with Crippen molar-refractivity contribution in [1.29, 1.82) is 0 Å². The summed E-state index contributed by atoms with van der Waals surface area (Å²) < 4.78 is 0. The van der Waals surface area contributed by atoms with E-state index >= 15 is 0 Å². The number of primary amides is 1. The lowest BCUT2D eigenvalue weighted by Gasteiger charge is -2.32. The summed E-state index contributed by atoms with van der Waals surface area (Å²) in [6.07, 6.45) is 1.44. The van der Waals surface area contributed by atoms with E-state index in [1.807, 2.05) is 0 Å². The molecular formula is C12H21N3O4. The number of nitrogens with one attached hydrogen (secondary N) is 1. The molecule has 1 aliphatic heterocycles. The van der Waals surface area contributed by atoms with Crippen LogP contribution in [0.4, 0.5) is 0 Å². The Kier molecular flexibility index (Phi) is 4.88. The minimum Gasteiger partial charge on any atom is -0.480 e.